The van der Waals surface area contributed by atoms with Crippen molar-refractivity contribution >= 4 is 15.9 Å². The molecule has 0 bridgehead atoms. The number of rotatable bonds is 10. The van der Waals surface area contributed by atoms with Gasteiger partial charge in [-0.3, -0.25) is 4.79 Å². The van der Waals surface area contributed by atoms with Gasteiger partial charge < -0.3 is 10.4 Å². The van der Waals surface area contributed by atoms with Gasteiger partial charge in [0.1, 0.15) is 6.04 Å². The third-order valence-electron chi connectivity index (χ3n) is 3.71. The number of sulfonamides is 1. The van der Waals surface area contributed by atoms with Crippen molar-refractivity contribution in [1.29, 1.82) is 0 Å². The van der Waals surface area contributed by atoms with Crippen LogP contribution in [0.3, 0.4) is 0 Å². The summed E-state index contributed by atoms with van der Waals surface area (Å²) in [4.78, 5) is 12.1. The molecular weight excluding hydrogens is 292 g/mol. The van der Waals surface area contributed by atoms with Crippen LogP contribution in [-0.2, 0) is 14.8 Å². The van der Waals surface area contributed by atoms with Crippen molar-refractivity contribution in [3.63, 3.8) is 0 Å². The maximum absolute atomic E-state index is 12.1. The Morgan fingerprint density at radius 1 is 1.29 bits per heavy atom. The first-order chi connectivity index (χ1) is 10.0. The molecule has 1 atom stereocenters. The zero-order chi connectivity index (χ0) is 15.7. The van der Waals surface area contributed by atoms with E-state index in [1.807, 2.05) is 6.92 Å². The Bertz CT molecular complexity index is 411. The topological polar surface area (TPSA) is 86.7 Å². The van der Waals surface area contributed by atoms with Crippen molar-refractivity contribution in [3.8, 4) is 0 Å². The molecule has 1 aliphatic rings. The molecule has 1 amide bonds. The van der Waals surface area contributed by atoms with E-state index < -0.39 is 16.1 Å². The van der Waals surface area contributed by atoms with Crippen molar-refractivity contribution in [2.24, 2.45) is 0 Å². The first-order valence-electron chi connectivity index (χ1n) is 7.91. The van der Waals surface area contributed by atoms with E-state index in [4.69, 9.17) is 5.11 Å². The largest absolute Gasteiger partial charge is 0.396 e. The zero-order valence-electron chi connectivity index (χ0n) is 12.9. The lowest BCUT2D eigenvalue weighted by atomic mass is 10.2. The van der Waals surface area contributed by atoms with Gasteiger partial charge in [-0.1, -0.05) is 19.8 Å². The van der Waals surface area contributed by atoms with E-state index in [2.05, 4.69) is 5.32 Å². The number of hydrogen-bond donors (Lipinski definition) is 2. The number of hydrogen-bond acceptors (Lipinski definition) is 4. The van der Waals surface area contributed by atoms with Crippen LogP contribution in [0.2, 0.25) is 0 Å². The van der Waals surface area contributed by atoms with Crippen LogP contribution in [0.1, 0.15) is 51.9 Å². The lowest BCUT2D eigenvalue weighted by Crippen LogP contribution is -2.46. The molecule has 6 nitrogen and oxygen atoms in total. The smallest absolute Gasteiger partial charge is 0.238 e. The van der Waals surface area contributed by atoms with E-state index in [1.54, 1.807) is 0 Å². The summed E-state index contributed by atoms with van der Waals surface area (Å²) in [6.07, 6.45) is 5.49. The molecule has 2 N–H and O–H groups in total. The molecule has 0 saturated carbocycles. The van der Waals surface area contributed by atoms with Crippen molar-refractivity contribution in [3.05, 3.63) is 0 Å². The fraction of sp³-hybridized carbons (Fsp3) is 0.929. The Hall–Kier alpha value is -0.660. The maximum atomic E-state index is 12.1. The molecule has 1 saturated heterocycles. The van der Waals surface area contributed by atoms with Crippen LogP contribution in [0, 0.1) is 0 Å². The Morgan fingerprint density at radius 3 is 2.67 bits per heavy atom. The Kier molecular flexibility index (Phi) is 8.21. The lowest BCUT2D eigenvalue weighted by molar-refractivity contribution is -0.124. The van der Waals surface area contributed by atoms with Gasteiger partial charge in [0, 0.05) is 19.7 Å². The fourth-order valence-corrected chi connectivity index (χ4v) is 4.38. The zero-order valence-corrected chi connectivity index (χ0v) is 13.7. The standard InChI is InChI=1S/C14H28N2O4S/c1-2-12-21(19,20)16-10-7-8-13(16)14(18)15-9-5-3-4-6-11-17/h13,17H,2-12H2,1H3,(H,15,18). The van der Waals surface area contributed by atoms with Gasteiger partial charge in [-0.15, -0.1) is 0 Å². The average molecular weight is 320 g/mol. The first kappa shape index (κ1) is 18.4. The minimum atomic E-state index is -3.30. The number of carbonyl (C=O) groups is 1. The molecule has 1 fully saturated rings. The normalized spacial score (nSPS) is 19.8. The molecule has 0 aliphatic carbocycles. The summed E-state index contributed by atoms with van der Waals surface area (Å²) >= 11 is 0. The van der Waals surface area contributed by atoms with Gasteiger partial charge in [-0.25, -0.2) is 8.42 Å². The number of amides is 1. The minimum absolute atomic E-state index is 0.109. The van der Waals surface area contributed by atoms with Gasteiger partial charge in [0.25, 0.3) is 0 Å². The second-order valence-corrected chi connectivity index (χ2v) is 7.55. The van der Waals surface area contributed by atoms with Crippen LogP contribution in [0.25, 0.3) is 0 Å². The number of nitrogens with zero attached hydrogens (tertiary/aromatic N) is 1. The molecule has 0 radical (unpaired) electrons. The Balaban J connectivity index is 2.39. The highest BCUT2D eigenvalue weighted by atomic mass is 32.2. The predicted octanol–water partition coefficient (Wildman–Crippen LogP) is 0.860. The van der Waals surface area contributed by atoms with Gasteiger partial charge in [0.05, 0.1) is 5.75 Å². The highest BCUT2D eigenvalue weighted by Gasteiger charge is 2.37. The van der Waals surface area contributed by atoms with E-state index >= 15 is 0 Å². The van der Waals surface area contributed by atoms with Crippen LogP contribution < -0.4 is 5.32 Å². The van der Waals surface area contributed by atoms with Crippen molar-refractivity contribution < 1.29 is 18.3 Å². The molecule has 7 heteroatoms. The third-order valence-corrected chi connectivity index (χ3v) is 5.79. The number of nitrogens with one attached hydrogen (secondary N) is 1. The molecule has 0 spiro atoms. The predicted molar refractivity (Wildman–Crippen MR) is 82.4 cm³/mol. The Morgan fingerprint density at radius 2 is 2.00 bits per heavy atom. The number of aliphatic hydroxyl groups excluding tert-OH is 1. The SMILES string of the molecule is CCCS(=O)(=O)N1CCCC1C(=O)NCCCCCCO. The molecular formula is C14H28N2O4S. The van der Waals surface area contributed by atoms with E-state index in [9.17, 15) is 13.2 Å². The number of carbonyl (C=O) groups excluding carboxylic acids is 1. The maximum Gasteiger partial charge on any atom is 0.238 e. The average Bonchev–Trinajstić information content (AvgIpc) is 2.92. The molecule has 1 rings (SSSR count). The van der Waals surface area contributed by atoms with E-state index in [0.29, 0.717) is 25.9 Å². The first-order valence-corrected chi connectivity index (χ1v) is 9.52. The molecule has 0 aromatic rings. The van der Waals surface area contributed by atoms with Crippen molar-refractivity contribution in [2.75, 3.05) is 25.4 Å². The van der Waals surface area contributed by atoms with Crippen molar-refractivity contribution in [2.45, 2.75) is 57.9 Å². The van der Waals surface area contributed by atoms with E-state index in [1.165, 1.54) is 4.31 Å². The van der Waals surface area contributed by atoms with Gasteiger partial charge in [0.15, 0.2) is 0 Å². The van der Waals surface area contributed by atoms with Crippen LogP contribution in [0.15, 0.2) is 0 Å². The number of aliphatic hydroxyl groups is 1. The van der Waals surface area contributed by atoms with Crippen LogP contribution in [-0.4, -0.2) is 55.2 Å². The fourth-order valence-electron chi connectivity index (χ4n) is 2.63. The van der Waals surface area contributed by atoms with Crippen LogP contribution in [0.5, 0.6) is 0 Å². The third kappa shape index (κ3) is 5.92. The molecule has 21 heavy (non-hydrogen) atoms. The molecule has 0 aromatic heterocycles. The van der Waals surface area contributed by atoms with Crippen molar-refractivity contribution in [1.82, 2.24) is 9.62 Å². The summed E-state index contributed by atoms with van der Waals surface area (Å²) in [6, 6.07) is -0.529. The van der Waals surface area contributed by atoms with Gasteiger partial charge in [0.2, 0.25) is 15.9 Å². The van der Waals surface area contributed by atoms with Gasteiger partial charge >= 0.3 is 0 Å². The summed E-state index contributed by atoms with van der Waals surface area (Å²) < 4.78 is 25.6. The van der Waals surface area contributed by atoms with Gasteiger partial charge in [-0.2, -0.15) is 4.31 Å². The molecule has 1 unspecified atom stereocenters. The molecule has 1 aliphatic heterocycles. The summed E-state index contributed by atoms with van der Waals surface area (Å²) in [5.41, 5.74) is 0. The quantitative estimate of drug-likeness (QED) is 0.585. The summed E-state index contributed by atoms with van der Waals surface area (Å²) in [6.45, 7) is 3.06. The molecule has 1 heterocycles. The highest BCUT2D eigenvalue weighted by Crippen LogP contribution is 2.22. The minimum Gasteiger partial charge on any atom is -0.396 e. The second-order valence-electron chi connectivity index (χ2n) is 5.51. The summed E-state index contributed by atoms with van der Waals surface area (Å²) in [5, 5.41) is 11.5. The van der Waals surface area contributed by atoms with E-state index in [-0.39, 0.29) is 18.3 Å². The monoisotopic (exact) mass is 320 g/mol. The second kappa shape index (κ2) is 9.38. The molecule has 124 valence electrons. The summed E-state index contributed by atoms with van der Waals surface area (Å²) in [7, 11) is -3.30. The highest BCUT2D eigenvalue weighted by molar-refractivity contribution is 7.89. The van der Waals surface area contributed by atoms with Crippen LogP contribution >= 0.6 is 0 Å². The van der Waals surface area contributed by atoms with Crippen LogP contribution in [0.4, 0.5) is 0 Å². The summed E-state index contributed by atoms with van der Waals surface area (Å²) in [5.74, 6) is -0.0628. The van der Waals surface area contributed by atoms with Gasteiger partial charge in [-0.05, 0) is 32.1 Å². The van der Waals surface area contributed by atoms with E-state index in [0.717, 1.165) is 32.1 Å². The lowest BCUT2D eigenvalue weighted by Gasteiger charge is -2.23. The number of unbranched alkanes of at least 4 members (excludes halogenated alkanes) is 3. The molecule has 0 aromatic carbocycles. The Labute approximate surface area is 128 Å².